The number of rotatable bonds is 3. The predicted octanol–water partition coefficient (Wildman–Crippen LogP) is 2.50. The van der Waals surface area contributed by atoms with Gasteiger partial charge >= 0.3 is 0 Å². The Morgan fingerprint density at radius 2 is 1.96 bits per heavy atom. The summed E-state index contributed by atoms with van der Waals surface area (Å²) >= 11 is 9.79. The highest BCUT2D eigenvalue weighted by atomic mass is 79.9. The molecule has 0 spiro atoms. The van der Waals surface area contributed by atoms with E-state index in [1.165, 1.54) is 5.01 Å². The van der Waals surface area contributed by atoms with Gasteiger partial charge in [-0.15, -0.1) is 0 Å². The number of hydrogen-bond acceptors (Lipinski definition) is 6. The summed E-state index contributed by atoms with van der Waals surface area (Å²) in [6.45, 7) is 3.79. The summed E-state index contributed by atoms with van der Waals surface area (Å²) in [5.74, 6) is 6.65. The number of halogens is 2. The van der Waals surface area contributed by atoms with Gasteiger partial charge in [-0.25, -0.2) is 10.8 Å². The predicted molar refractivity (Wildman–Crippen MR) is 99.2 cm³/mol. The SMILES string of the molecule is Nc1ccc(Br)nc1N(N)c1ccc(N2CCNCC2)c(Cl)c1. The lowest BCUT2D eigenvalue weighted by atomic mass is 10.2. The first kappa shape index (κ1) is 16.3. The molecule has 0 radical (unpaired) electrons. The fourth-order valence-corrected chi connectivity index (χ4v) is 3.15. The molecule has 0 bridgehead atoms. The lowest BCUT2D eigenvalue weighted by Gasteiger charge is -2.30. The second-order valence-electron chi connectivity index (χ2n) is 5.29. The number of nitrogens with zero attached hydrogens (tertiary/aromatic N) is 3. The Labute approximate surface area is 148 Å². The van der Waals surface area contributed by atoms with Crippen LogP contribution in [0.15, 0.2) is 34.9 Å². The van der Waals surface area contributed by atoms with E-state index in [2.05, 4.69) is 31.1 Å². The molecule has 6 nitrogen and oxygen atoms in total. The molecule has 0 unspecified atom stereocenters. The monoisotopic (exact) mass is 396 g/mol. The zero-order chi connectivity index (χ0) is 16.4. The van der Waals surface area contributed by atoms with Crippen LogP contribution in [-0.4, -0.2) is 31.2 Å². The molecule has 0 amide bonds. The van der Waals surface area contributed by atoms with E-state index in [0.29, 0.717) is 21.1 Å². The fourth-order valence-electron chi connectivity index (χ4n) is 2.56. The van der Waals surface area contributed by atoms with Crippen molar-refractivity contribution < 1.29 is 0 Å². The number of hydrogen-bond donors (Lipinski definition) is 3. The number of aromatic nitrogens is 1. The molecular weight excluding hydrogens is 380 g/mol. The van der Waals surface area contributed by atoms with Crippen molar-refractivity contribution in [3.63, 3.8) is 0 Å². The third kappa shape index (κ3) is 3.53. The minimum Gasteiger partial charge on any atom is -0.396 e. The molecule has 8 heteroatoms. The van der Waals surface area contributed by atoms with Crippen LogP contribution in [-0.2, 0) is 0 Å². The smallest absolute Gasteiger partial charge is 0.171 e. The quantitative estimate of drug-likeness (QED) is 0.419. The van der Waals surface area contributed by atoms with Gasteiger partial charge in [0.25, 0.3) is 0 Å². The van der Waals surface area contributed by atoms with Gasteiger partial charge in [0.05, 0.1) is 22.1 Å². The van der Waals surface area contributed by atoms with Crippen molar-refractivity contribution in [3.05, 3.63) is 40.0 Å². The molecule has 23 heavy (non-hydrogen) atoms. The topological polar surface area (TPSA) is 83.4 Å². The highest BCUT2D eigenvalue weighted by Gasteiger charge is 2.16. The number of hydrazine groups is 1. The lowest BCUT2D eigenvalue weighted by Crippen LogP contribution is -2.43. The minimum absolute atomic E-state index is 0.477. The van der Waals surface area contributed by atoms with E-state index in [9.17, 15) is 0 Å². The number of benzene rings is 1. The summed E-state index contributed by atoms with van der Waals surface area (Å²) in [6, 6.07) is 9.26. The van der Waals surface area contributed by atoms with Crippen LogP contribution >= 0.6 is 27.5 Å². The number of nitrogens with two attached hydrogens (primary N) is 2. The Hall–Kier alpha value is -1.54. The number of piperazine rings is 1. The van der Waals surface area contributed by atoms with Crippen LogP contribution < -0.4 is 26.8 Å². The molecule has 1 fully saturated rings. The van der Waals surface area contributed by atoms with Gasteiger partial charge in [0.15, 0.2) is 5.82 Å². The first-order chi connectivity index (χ1) is 11.1. The average Bonchev–Trinajstić information content (AvgIpc) is 2.57. The lowest BCUT2D eigenvalue weighted by molar-refractivity contribution is 0.589. The van der Waals surface area contributed by atoms with Gasteiger partial charge in [-0.1, -0.05) is 11.6 Å². The molecule has 122 valence electrons. The number of pyridine rings is 1. The summed E-state index contributed by atoms with van der Waals surface area (Å²) < 4.78 is 0.667. The molecule has 0 atom stereocenters. The zero-order valence-corrected chi connectivity index (χ0v) is 14.8. The maximum Gasteiger partial charge on any atom is 0.171 e. The number of nitrogens with one attached hydrogen (secondary N) is 1. The fraction of sp³-hybridized carbons (Fsp3) is 0.267. The van der Waals surface area contributed by atoms with Crippen molar-refractivity contribution in [2.75, 3.05) is 41.8 Å². The highest BCUT2D eigenvalue weighted by Crippen LogP contribution is 2.33. The van der Waals surface area contributed by atoms with Crippen LogP contribution in [0.2, 0.25) is 5.02 Å². The van der Waals surface area contributed by atoms with Crippen molar-refractivity contribution in [1.29, 1.82) is 0 Å². The Kier molecular flexibility index (Phi) is 4.91. The standard InChI is InChI=1S/C15H18BrClN6/c16-14-4-2-12(18)15(21-14)23(19)10-1-3-13(11(17)9-10)22-7-5-20-6-8-22/h1-4,9,20H,5-8,18-19H2. The highest BCUT2D eigenvalue weighted by molar-refractivity contribution is 9.10. The molecule has 1 aliphatic heterocycles. The van der Waals surface area contributed by atoms with E-state index >= 15 is 0 Å². The zero-order valence-electron chi connectivity index (χ0n) is 12.5. The summed E-state index contributed by atoms with van der Waals surface area (Å²) in [5, 5.41) is 5.43. The van der Waals surface area contributed by atoms with E-state index < -0.39 is 0 Å². The van der Waals surface area contributed by atoms with Gasteiger partial charge in [-0.2, -0.15) is 0 Å². The average molecular weight is 398 g/mol. The van der Waals surface area contributed by atoms with Crippen LogP contribution in [0.25, 0.3) is 0 Å². The molecule has 3 rings (SSSR count). The van der Waals surface area contributed by atoms with E-state index in [1.54, 1.807) is 12.1 Å². The molecule has 0 saturated carbocycles. The molecule has 1 aromatic heterocycles. The van der Waals surface area contributed by atoms with Crippen LogP contribution in [0.5, 0.6) is 0 Å². The van der Waals surface area contributed by atoms with Crippen LogP contribution in [0.3, 0.4) is 0 Å². The van der Waals surface area contributed by atoms with Crippen molar-refractivity contribution in [2.24, 2.45) is 5.84 Å². The largest absolute Gasteiger partial charge is 0.396 e. The Bertz CT molecular complexity index is 704. The molecular formula is C15H18BrClN6. The number of anilines is 4. The third-order valence-corrected chi connectivity index (χ3v) is 4.51. The van der Waals surface area contributed by atoms with E-state index in [4.69, 9.17) is 23.2 Å². The van der Waals surface area contributed by atoms with Gasteiger partial charge in [0, 0.05) is 26.2 Å². The normalized spacial score (nSPS) is 14.8. The minimum atomic E-state index is 0.477. The van der Waals surface area contributed by atoms with Crippen molar-refractivity contribution >= 4 is 50.4 Å². The van der Waals surface area contributed by atoms with Gasteiger partial charge in [0.2, 0.25) is 0 Å². The Balaban J connectivity index is 1.88. The van der Waals surface area contributed by atoms with Gasteiger partial charge < -0.3 is 16.0 Å². The summed E-state index contributed by atoms with van der Waals surface area (Å²) in [6.07, 6.45) is 0. The van der Waals surface area contributed by atoms with Crippen molar-refractivity contribution in [2.45, 2.75) is 0 Å². The molecule has 0 aliphatic carbocycles. The van der Waals surface area contributed by atoms with Gasteiger partial charge in [-0.05, 0) is 46.3 Å². The van der Waals surface area contributed by atoms with Crippen LogP contribution in [0.4, 0.5) is 22.9 Å². The molecule has 1 aliphatic rings. The maximum atomic E-state index is 6.46. The van der Waals surface area contributed by atoms with Crippen LogP contribution in [0.1, 0.15) is 0 Å². The van der Waals surface area contributed by atoms with Crippen LogP contribution in [0, 0.1) is 0 Å². The van der Waals surface area contributed by atoms with Gasteiger partial charge in [0.1, 0.15) is 4.60 Å². The van der Waals surface area contributed by atoms with E-state index in [-0.39, 0.29) is 0 Å². The molecule has 2 heterocycles. The van der Waals surface area contributed by atoms with Crippen molar-refractivity contribution in [1.82, 2.24) is 10.3 Å². The Morgan fingerprint density at radius 3 is 2.65 bits per heavy atom. The maximum absolute atomic E-state index is 6.46. The van der Waals surface area contributed by atoms with Gasteiger partial charge in [-0.3, -0.25) is 5.01 Å². The third-order valence-electron chi connectivity index (χ3n) is 3.77. The summed E-state index contributed by atoms with van der Waals surface area (Å²) in [7, 11) is 0. The van der Waals surface area contributed by atoms with E-state index in [1.807, 2.05) is 18.2 Å². The first-order valence-corrected chi connectivity index (χ1v) is 8.45. The molecule has 1 saturated heterocycles. The summed E-state index contributed by atoms with van der Waals surface area (Å²) in [4.78, 5) is 6.58. The summed E-state index contributed by atoms with van der Waals surface area (Å²) in [5.41, 5.74) is 8.20. The molecule has 2 aromatic rings. The second-order valence-corrected chi connectivity index (χ2v) is 6.51. The second kappa shape index (κ2) is 6.92. The van der Waals surface area contributed by atoms with E-state index in [0.717, 1.165) is 37.6 Å². The first-order valence-electron chi connectivity index (χ1n) is 7.28. The molecule has 5 N–H and O–H groups in total. The number of nitrogen functional groups attached to an aromatic ring is 1. The Morgan fingerprint density at radius 1 is 1.22 bits per heavy atom. The molecule has 1 aromatic carbocycles. The van der Waals surface area contributed by atoms with Crippen molar-refractivity contribution in [3.8, 4) is 0 Å².